The second-order valence-electron chi connectivity index (χ2n) is 10.3. The van der Waals surface area contributed by atoms with Crippen LogP contribution >= 0.6 is 0 Å². The second-order valence-corrected chi connectivity index (χ2v) is 10.3. The van der Waals surface area contributed by atoms with Crippen LogP contribution in [0.25, 0.3) is 0 Å². The summed E-state index contributed by atoms with van der Waals surface area (Å²) < 4.78 is 16.5. The van der Waals surface area contributed by atoms with Crippen LogP contribution in [0.15, 0.2) is 72.8 Å². The zero-order valence-electron chi connectivity index (χ0n) is 23.1. The number of ether oxygens (including phenoxy) is 3. The number of nitrogens with one attached hydrogen (secondary N) is 1. The fourth-order valence-corrected chi connectivity index (χ4v) is 3.99. The van der Waals surface area contributed by atoms with Crippen LogP contribution in [-0.4, -0.2) is 49.1 Å². The molecule has 0 fully saturated rings. The standard InChI is InChI=1S/C31H38N2O5/c1-22-12-14-24(15-13-22)20-33(29(34)21-38-27-18-25(36-5)17-26(19-27)37-6)28(30(35)32-31(2,3)4)16-23-10-8-7-9-11-23/h7-15,17-19,28H,16,20-21H2,1-6H3,(H,32,35)/t28-/m1/s1. The summed E-state index contributed by atoms with van der Waals surface area (Å²) in [7, 11) is 3.10. The highest BCUT2D eigenvalue weighted by Crippen LogP contribution is 2.27. The number of carbonyl (C=O) groups excluding carboxylic acids is 2. The predicted octanol–water partition coefficient (Wildman–Crippen LogP) is 4.95. The Morgan fingerprint density at radius 1 is 0.842 bits per heavy atom. The molecule has 3 aromatic rings. The van der Waals surface area contributed by atoms with Gasteiger partial charge in [-0.2, -0.15) is 0 Å². The van der Waals surface area contributed by atoms with Crippen molar-refractivity contribution in [2.24, 2.45) is 0 Å². The molecule has 0 saturated heterocycles. The average molecular weight is 519 g/mol. The zero-order valence-corrected chi connectivity index (χ0v) is 23.1. The third-order valence-corrected chi connectivity index (χ3v) is 5.93. The molecule has 3 aromatic carbocycles. The van der Waals surface area contributed by atoms with Gasteiger partial charge in [0.15, 0.2) is 6.61 Å². The Morgan fingerprint density at radius 3 is 1.97 bits per heavy atom. The lowest BCUT2D eigenvalue weighted by molar-refractivity contribution is -0.143. The average Bonchev–Trinajstić information content (AvgIpc) is 2.89. The maximum absolute atomic E-state index is 13.8. The van der Waals surface area contributed by atoms with Gasteiger partial charge >= 0.3 is 0 Å². The molecule has 1 N–H and O–H groups in total. The molecule has 2 amide bonds. The summed E-state index contributed by atoms with van der Waals surface area (Å²) in [5.41, 5.74) is 2.54. The summed E-state index contributed by atoms with van der Waals surface area (Å²) in [6.45, 7) is 7.80. The van der Waals surface area contributed by atoms with Crippen molar-refractivity contribution in [2.75, 3.05) is 20.8 Å². The molecule has 7 nitrogen and oxygen atoms in total. The van der Waals surface area contributed by atoms with Crippen LogP contribution in [0.5, 0.6) is 17.2 Å². The highest BCUT2D eigenvalue weighted by molar-refractivity contribution is 5.89. The second kappa shape index (κ2) is 13.0. The Bertz CT molecular complexity index is 1180. The highest BCUT2D eigenvalue weighted by atomic mass is 16.5. The number of aryl methyl sites for hydroxylation is 1. The maximum Gasteiger partial charge on any atom is 0.261 e. The zero-order chi connectivity index (χ0) is 27.7. The van der Waals surface area contributed by atoms with Gasteiger partial charge in [-0.15, -0.1) is 0 Å². The number of benzene rings is 3. The van der Waals surface area contributed by atoms with E-state index < -0.39 is 11.6 Å². The van der Waals surface area contributed by atoms with Gasteiger partial charge in [-0.1, -0.05) is 60.2 Å². The monoisotopic (exact) mass is 518 g/mol. The first-order valence-corrected chi connectivity index (χ1v) is 12.6. The van der Waals surface area contributed by atoms with Crippen LogP contribution in [0.2, 0.25) is 0 Å². The molecule has 0 radical (unpaired) electrons. The molecule has 1 atom stereocenters. The summed E-state index contributed by atoms with van der Waals surface area (Å²) in [5.74, 6) is 1.01. The minimum atomic E-state index is -0.742. The Hall–Kier alpha value is -4.00. The number of nitrogens with zero attached hydrogens (tertiary/aromatic N) is 1. The molecule has 3 rings (SSSR count). The van der Waals surface area contributed by atoms with E-state index in [0.717, 1.165) is 16.7 Å². The maximum atomic E-state index is 13.8. The molecule has 0 aliphatic rings. The van der Waals surface area contributed by atoms with Gasteiger partial charge in [0.05, 0.1) is 14.2 Å². The summed E-state index contributed by atoms with van der Waals surface area (Å²) in [5, 5.41) is 3.07. The summed E-state index contributed by atoms with van der Waals surface area (Å²) in [6, 6.07) is 22.0. The fraction of sp³-hybridized carbons (Fsp3) is 0.355. The van der Waals surface area contributed by atoms with E-state index >= 15 is 0 Å². The fourth-order valence-electron chi connectivity index (χ4n) is 3.99. The highest BCUT2D eigenvalue weighted by Gasteiger charge is 2.32. The van der Waals surface area contributed by atoms with Crippen molar-refractivity contribution in [1.29, 1.82) is 0 Å². The molecular weight excluding hydrogens is 480 g/mol. The minimum absolute atomic E-state index is 0.218. The molecule has 0 bridgehead atoms. The first kappa shape index (κ1) is 28.6. The van der Waals surface area contributed by atoms with Gasteiger partial charge < -0.3 is 24.4 Å². The van der Waals surface area contributed by atoms with Crippen molar-refractivity contribution in [2.45, 2.75) is 52.2 Å². The molecule has 0 unspecified atom stereocenters. The van der Waals surface area contributed by atoms with Crippen LogP contribution < -0.4 is 19.5 Å². The number of hydrogen-bond acceptors (Lipinski definition) is 5. The number of methoxy groups -OCH3 is 2. The van der Waals surface area contributed by atoms with Gasteiger partial charge in [-0.3, -0.25) is 9.59 Å². The van der Waals surface area contributed by atoms with Crippen molar-refractivity contribution in [3.05, 3.63) is 89.5 Å². The van der Waals surface area contributed by atoms with Crippen molar-refractivity contribution in [1.82, 2.24) is 10.2 Å². The van der Waals surface area contributed by atoms with Crippen molar-refractivity contribution in [3.8, 4) is 17.2 Å². The van der Waals surface area contributed by atoms with E-state index in [0.29, 0.717) is 23.7 Å². The topological polar surface area (TPSA) is 77.1 Å². The van der Waals surface area contributed by atoms with Crippen LogP contribution in [-0.2, 0) is 22.6 Å². The largest absolute Gasteiger partial charge is 0.496 e. The Labute approximate surface area is 225 Å². The van der Waals surface area contributed by atoms with Crippen molar-refractivity contribution < 1.29 is 23.8 Å². The molecule has 0 aliphatic carbocycles. The van der Waals surface area contributed by atoms with Gasteiger partial charge in [-0.05, 0) is 38.8 Å². The molecule has 0 saturated carbocycles. The molecule has 202 valence electrons. The molecular formula is C31H38N2O5. The molecule has 7 heteroatoms. The number of hydrogen-bond donors (Lipinski definition) is 1. The van der Waals surface area contributed by atoms with Crippen LogP contribution in [0, 0.1) is 6.92 Å². The molecule has 0 aliphatic heterocycles. The summed E-state index contributed by atoms with van der Waals surface area (Å²) >= 11 is 0. The quantitative estimate of drug-likeness (QED) is 0.389. The first-order valence-electron chi connectivity index (χ1n) is 12.6. The van der Waals surface area contributed by atoms with Crippen LogP contribution in [0.3, 0.4) is 0 Å². The van der Waals surface area contributed by atoms with Crippen LogP contribution in [0.1, 0.15) is 37.5 Å². The van der Waals surface area contributed by atoms with E-state index in [2.05, 4.69) is 5.32 Å². The molecule has 0 spiro atoms. The Kier molecular flexibility index (Phi) is 9.77. The Balaban J connectivity index is 1.93. The predicted molar refractivity (Wildman–Crippen MR) is 149 cm³/mol. The lowest BCUT2D eigenvalue weighted by Gasteiger charge is -2.33. The van der Waals surface area contributed by atoms with E-state index in [-0.39, 0.29) is 25.0 Å². The van der Waals surface area contributed by atoms with Gasteiger partial charge in [0, 0.05) is 36.7 Å². The SMILES string of the molecule is COc1cc(OC)cc(OCC(=O)N(Cc2ccc(C)cc2)[C@H](Cc2ccccc2)C(=O)NC(C)(C)C)c1. The van der Waals surface area contributed by atoms with Gasteiger partial charge in [-0.25, -0.2) is 0 Å². The lowest BCUT2D eigenvalue weighted by Crippen LogP contribution is -2.55. The molecule has 0 heterocycles. The smallest absolute Gasteiger partial charge is 0.261 e. The summed E-state index contributed by atoms with van der Waals surface area (Å²) in [6.07, 6.45) is 0.368. The van der Waals surface area contributed by atoms with Crippen molar-refractivity contribution >= 4 is 11.8 Å². The van der Waals surface area contributed by atoms with Gasteiger partial charge in [0.2, 0.25) is 5.91 Å². The summed E-state index contributed by atoms with van der Waals surface area (Å²) in [4.78, 5) is 29.0. The third-order valence-electron chi connectivity index (χ3n) is 5.93. The van der Waals surface area contributed by atoms with E-state index in [4.69, 9.17) is 14.2 Å². The minimum Gasteiger partial charge on any atom is -0.496 e. The van der Waals surface area contributed by atoms with Gasteiger partial charge in [0.25, 0.3) is 5.91 Å². The van der Waals surface area contributed by atoms with Crippen molar-refractivity contribution in [3.63, 3.8) is 0 Å². The van der Waals surface area contributed by atoms with Gasteiger partial charge in [0.1, 0.15) is 23.3 Å². The molecule has 0 aromatic heterocycles. The lowest BCUT2D eigenvalue weighted by atomic mass is 10.0. The van der Waals surface area contributed by atoms with Crippen LogP contribution in [0.4, 0.5) is 0 Å². The van der Waals surface area contributed by atoms with E-state index in [1.165, 1.54) is 0 Å². The number of rotatable bonds is 11. The number of carbonyl (C=O) groups is 2. The first-order chi connectivity index (χ1) is 18.1. The van der Waals surface area contributed by atoms with E-state index in [1.54, 1.807) is 37.3 Å². The molecule has 38 heavy (non-hydrogen) atoms. The Morgan fingerprint density at radius 2 is 1.42 bits per heavy atom. The third kappa shape index (κ3) is 8.54. The number of amides is 2. The van der Waals surface area contributed by atoms with E-state index in [9.17, 15) is 9.59 Å². The van der Waals surface area contributed by atoms with E-state index in [1.807, 2.05) is 82.3 Å². The normalized spacial score (nSPS) is 11.8.